The van der Waals surface area contributed by atoms with Gasteiger partial charge in [-0.05, 0) is 37.0 Å². The molecular weight excluding hydrogens is 344 g/mol. The Morgan fingerprint density at radius 3 is 2.45 bits per heavy atom. The summed E-state index contributed by atoms with van der Waals surface area (Å²) in [6, 6.07) is 7.94. The first kappa shape index (κ1) is 18.7. The third kappa shape index (κ3) is 7.07. The fourth-order valence-electron chi connectivity index (χ4n) is 1.95. The fourth-order valence-corrected chi connectivity index (χ4v) is 2.12. The van der Waals surface area contributed by atoms with E-state index >= 15 is 0 Å². The first-order valence-corrected chi connectivity index (χ1v) is 8.79. The van der Waals surface area contributed by atoms with E-state index in [4.69, 9.17) is 0 Å². The lowest BCUT2D eigenvalue weighted by molar-refractivity contribution is -0.120. The predicted molar refractivity (Wildman–Crippen MR) is 94.3 cm³/mol. The molecule has 0 aliphatic heterocycles. The van der Waals surface area contributed by atoms with Gasteiger partial charge in [-0.15, -0.1) is 0 Å². The molecule has 22 heavy (non-hydrogen) atoms. The number of unbranched alkanes of at least 4 members (excludes halogenated alkanes) is 1. The van der Waals surface area contributed by atoms with Crippen molar-refractivity contribution in [2.24, 2.45) is 0 Å². The van der Waals surface area contributed by atoms with Gasteiger partial charge in [0.15, 0.2) is 0 Å². The standard InChI is InChI=1S/C17H25BrN2O2/c1-3-5-6-13-7-9-14(10-8-13)20-16(21)11-12-19-17(22)15(18)4-2/h7-10,15H,3-6,11-12H2,1-2H3,(H,19,22)(H,20,21)/t15-/m1/s1. The Morgan fingerprint density at radius 2 is 1.86 bits per heavy atom. The number of alkyl halides is 1. The van der Waals surface area contributed by atoms with Gasteiger partial charge in [-0.1, -0.05) is 48.3 Å². The van der Waals surface area contributed by atoms with Crippen LogP contribution in [0.25, 0.3) is 0 Å². The molecule has 0 radical (unpaired) electrons. The minimum atomic E-state index is -0.189. The van der Waals surface area contributed by atoms with E-state index in [1.54, 1.807) is 0 Å². The number of halogens is 1. The number of rotatable bonds is 9. The molecule has 0 spiro atoms. The Labute approximate surface area is 141 Å². The van der Waals surface area contributed by atoms with E-state index in [-0.39, 0.29) is 23.1 Å². The first-order valence-electron chi connectivity index (χ1n) is 7.87. The Morgan fingerprint density at radius 1 is 1.18 bits per heavy atom. The topological polar surface area (TPSA) is 58.2 Å². The molecule has 0 aliphatic carbocycles. The highest BCUT2D eigenvalue weighted by Crippen LogP contribution is 2.12. The molecule has 0 saturated heterocycles. The smallest absolute Gasteiger partial charge is 0.233 e. The number of hydrogen-bond acceptors (Lipinski definition) is 2. The second-order valence-corrected chi connectivity index (χ2v) is 6.37. The van der Waals surface area contributed by atoms with Crippen molar-refractivity contribution in [2.75, 3.05) is 11.9 Å². The highest BCUT2D eigenvalue weighted by molar-refractivity contribution is 9.10. The minimum Gasteiger partial charge on any atom is -0.355 e. The lowest BCUT2D eigenvalue weighted by Gasteiger charge is -2.09. The molecule has 0 bridgehead atoms. The van der Waals surface area contributed by atoms with Crippen molar-refractivity contribution in [2.45, 2.75) is 50.8 Å². The minimum absolute atomic E-state index is 0.0735. The Balaban J connectivity index is 2.31. The number of benzene rings is 1. The molecule has 0 saturated carbocycles. The summed E-state index contributed by atoms with van der Waals surface area (Å²) in [5.41, 5.74) is 2.08. The molecular formula is C17H25BrN2O2. The van der Waals surface area contributed by atoms with Crippen LogP contribution in [-0.2, 0) is 16.0 Å². The van der Waals surface area contributed by atoms with Gasteiger partial charge in [-0.25, -0.2) is 0 Å². The number of anilines is 1. The van der Waals surface area contributed by atoms with Gasteiger partial charge in [0.05, 0.1) is 4.83 Å². The van der Waals surface area contributed by atoms with Gasteiger partial charge in [0.25, 0.3) is 0 Å². The third-order valence-corrected chi connectivity index (χ3v) is 4.41. The maximum Gasteiger partial charge on any atom is 0.233 e. The van der Waals surface area contributed by atoms with Crippen molar-refractivity contribution in [1.82, 2.24) is 5.32 Å². The first-order chi connectivity index (χ1) is 10.6. The molecule has 1 rings (SSSR count). The number of hydrogen-bond donors (Lipinski definition) is 2. The Kier molecular flexibility index (Phi) is 8.82. The highest BCUT2D eigenvalue weighted by atomic mass is 79.9. The molecule has 1 aromatic rings. The zero-order valence-electron chi connectivity index (χ0n) is 13.3. The number of carbonyl (C=O) groups excluding carboxylic acids is 2. The van der Waals surface area contributed by atoms with E-state index < -0.39 is 0 Å². The van der Waals surface area contributed by atoms with Crippen molar-refractivity contribution in [1.29, 1.82) is 0 Å². The van der Waals surface area contributed by atoms with Gasteiger partial charge in [0.1, 0.15) is 0 Å². The van der Waals surface area contributed by atoms with Crippen LogP contribution in [0.1, 0.15) is 45.1 Å². The largest absolute Gasteiger partial charge is 0.355 e. The van der Waals surface area contributed by atoms with E-state index in [0.29, 0.717) is 6.54 Å². The van der Waals surface area contributed by atoms with Crippen LogP contribution in [0.3, 0.4) is 0 Å². The predicted octanol–water partition coefficient (Wildman–Crippen LogP) is 3.65. The van der Waals surface area contributed by atoms with E-state index in [0.717, 1.165) is 18.5 Å². The quantitative estimate of drug-likeness (QED) is 0.653. The monoisotopic (exact) mass is 368 g/mol. The van der Waals surface area contributed by atoms with E-state index in [1.807, 2.05) is 31.2 Å². The van der Waals surface area contributed by atoms with Crippen molar-refractivity contribution in [3.8, 4) is 0 Å². The van der Waals surface area contributed by atoms with E-state index in [9.17, 15) is 9.59 Å². The van der Waals surface area contributed by atoms with Gasteiger partial charge in [-0.3, -0.25) is 9.59 Å². The van der Waals surface area contributed by atoms with Crippen molar-refractivity contribution in [3.05, 3.63) is 29.8 Å². The molecule has 0 fully saturated rings. The van der Waals surface area contributed by atoms with Crippen LogP contribution >= 0.6 is 15.9 Å². The normalized spacial score (nSPS) is 11.8. The summed E-state index contributed by atoms with van der Waals surface area (Å²) in [6.07, 6.45) is 4.42. The van der Waals surface area contributed by atoms with Gasteiger partial charge in [0.2, 0.25) is 11.8 Å². The van der Waals surface area contributed by atoms with Crippen LogP contribution in [0.2, 0.25) is 0 Å². The summed E-state index contributed by atoms with van der Waals surface area (Å²) < 4.78 is 0. The summed E-state index contributed by atoms with van der Waals surface area (Å²) >= 11 is 3.28. The van der Waals surface area contributed by atoms with Crippen molar-refractivity contribution < 1.29 is 9.59 Å². The summed E-state index contributed by atoms with van der Waals surface area (Å²) in [4.78, 5) is 23.2. The number of carbonyl (C=O) groups is 2. The molecule has 5 heteroatoms. The second kappa shape index (κ2) is 10.4. The average Bonchev–Trinajstić information content (AvgIpc) is 2.53. The van der Waals surface area contributed by atoms with Crippen LogP contribution in [0.15, 0.2) is 24.3 Å². The molecule has 2 N–H and O–H groups in total. The van der Waals surface area contributed by atoms with Crippen LogP contribution in [-0.4, -0.2) is 23.2 Å². The van der Waals surface area contributed by atoms with Crippen LogP contribution in [0, 0.1) is 0 Å². The van der Waals surface area contributed by atoms with E-state index in [1.165, 1.54) is 18.4 Å². The molecule has 0 aromatic heterocycles. The number of amides is 2. The molecule has 4 nitrogen and oxygen atoms in total. The van der Waals surface area contributed by atoms with Crippen LogP contribution in [0.4, 0.5) is 5.69 Å². The molecule has 2 amide bonds. The average molecular weight is 369 g/mol. The summed E-state index contributed by atoms with van der Waals surface area (Å²) in [7, 11) is 0. The Hall–Kier alpha value is -1.36. The van der Waals surface area contributed by atoms with Crippen LogP contribution in [0.5, 0.6) is 0 Å². The molecule has 1 atom stereocenters. The Bertz CT molecular complexity index is 474. The zero-order valence-corrected chi connectivity index (χ0v) is 14.9. The number of aryl methyl sites for hydroxylation is 1. The summed E-state index contributed by atoms with van der Waals surface area (Å²) in [5.74, 6) is -0.167. The van der Waals surface area contributed by atoms with Crippen molar-refractivity contribution >= 4 is 33.4 Å². The maximum atomic E-state index is 11.8. The second-order valence-electron chi connectivity index (χ2n) is 5.27. The molecule has 0 aliphatic rings. The lowest BCUT2D eigenvalue weighted by Crippen LogP contribution is -2.33. The SMILES string of the molecule is CCCCc1ccc(NC(=O)CCNC(=O)[C@H](Br)CC)cc1. The van der Waals surface area contributed by atoms with Crippen LogP contribution < -0.4 is 10.6 Å². The van der Waals surface area contributed by atoms with E-state index in [2.05, 4.69) is 33.5 Å². The van der Waals surface area contributed by atoms with Gasteiger partial charge < -0.3 is 10.6 Å². The van der Waals surface area contributed by atoms with Gasteiger partial charge in [-0.2, -0.15) is 0 Å². The molecule has 1 aromatic carbocycles. The molecule has 0 heterocycles. The number of nitrogens with one attached hydrogen (secondary N) is 2. The zero-order chi connectivity index (χ0) is 16.4. The third-order valence-electron chi connectivity index (χ3n) is 3.35. The maximum absolute atomic E-state index is 11.8. The lowest BCUT2D eigenvalue weighted by atomic mass is 10.1. The van der Waals surface area contributed by atoms with Gasteiger partial charge >= 0.3 is 0 Å². The summed E-state index contributed by atoms with van der Waals surface area (Å²) in [6.45, 7) is 4.45. The van der Waals surface area contributed by atoms with Gasteiger partial charge in [0, 0.05) is 18.7 Å². The fraction of sp³-hybridized carbons (Fsp3) is 0.529. The highest BCUT2D eigenvalue weighted by Gasteiger charge is 2.11. The molecule has 0 unspecified atom stereocenters. The summed E-state index contributed by atoms with van der Waals surface area (Å²) in [5, 5.41) is 5.58. The molecule has 122 valence electrons. The van der Waals surface area contributed by atoms with Crippen molar-refractivity contribution in [3.63, 3.8) is 0 Å².